The fourth-order valence-corrected chi connectivity index (χ4v) is 3.26. The first-order chi connectivity index (χ1) is 12.7. The van der Waals surface area contributed by atoms with Crippen molar-refractivity contribution in [2.75, 3.05) is 51.3 Å². The van der Waals surface area contributed by atoms with E-state index >= 15 is 0 Å². The fourth-order valence-electron chi connectivity index (χ4n) is 3.14. The number of para-hydroxylation sites is 2. The molecule has 2 aromatic carbocycles. The van der Waals surface area contributed by atoms with Crippen LogP contribution in [0.2, 0.25) is 5.02 Å². The zero-order chi connectivity index (χ0) is 18.4. The van der Waals surface area contributed by atoms with Gasteiger partial charge in [-0.25, -0.2) is 0 Å². The van der Waals surface area contributed by atoms with Crippen molar-refractivity contribution in [2.24, 2.45) is 0 Å². The Morgan fingerprint density at radius 1 is 1.04 bits per heavy atom. The lowest BCUT2D eigenvalue weighted by Gasteiger charge is -2.37. The van der Waals surface area contributed by atoms with Crippen LogP contribution in [0.15, 0.2) is 48.5 Å². The van der Waals surface area contributed by atoms with Crippen molar-refractivity contribution in [3.8, 4) is 11.5 Å². The molecule has 6 heteroatoms. The minimum Gasteiger partial charge on any atom is -0.495 e. The first-order valence-corrected chi connectivity index (χ1v) is 9.20. The average Bonchev–Trinajstić information content (AvgIpc) is 2.68. The number of nitrogens with zero attached hydrogens (tertiary/aromatic N) is 2. The molecular weight excluding hydrogens is 352 g/mol. The van der Waals surface area contributed by atoms with Gasteiger partial charge >= 0.3 is 0 Å². The van der Waals surface area contributed by atoms with E-state index in [4.69, 9.17) is 21.1 Å². The summed E-state index contributed by atoms with van der Waals surface area (Å²) in [5, 5.41) is 10.9. The third-order valence-electron chi connectivity index (χ3n) is 4.52. The number of methoxy groups -OCH3 is 1. The summed E-state index contributed by atoms with van der Waals surface area (Å²) in [5.41, 5.74) is 1.13. The normalized spacial score (nSPS) is 16.3. The predicted molar refractivity (Wildman–Crippen MR) is 105 cm³/mol. The number of β-amino-alcohol motifs (C(OH)–C–C–N with tert-alkyl or cyclic N) is 1. The Morgan fingerprint density at radius 3 is 2.42 bits per heavy atom. The molecule has 1 N–H and O–H groups in total. The molecule has 5 nitrogen and oxygen atoms in total. The summed E-state index contributed by atoms with van der Waals surface area (Å²) in [6, 6.07) is 15.3. The average molecular weight is 377 g/mol. The number of hydrogen-bond acceptors (Lipinski definition) is 5. The lowest BCUT2D eigenvalue weighted by molar-refractivity contribution is 0.0663. The summed E-state index contributed by atoms with van der Waals surface area (Å²) in [7, 11) is 1.70. The van der Waals surface area contributed by atoms with E-state index < -0.39 is 6.10 Å². The smallest absolute Gasteiger partial charge is 0.142 e. The van der Waals surface area contributed by atoms with Gasteiger partial charge in [-0.05, 0) is 36.4 Å². The fraction of sp³-hybridized carbons (Fsp3) is 0.400. The molecule has 0 aromatic heterocycles. The van der Waals surface area contributed by atoms with Crippen LogP contribution in [0.1, 0.15) is 0 Å². The third kappa shape index (κ3) is 5.04. The van der Waals surface area contributed by atoms with Gasteiger partial charge in [-0.3, -0.25) is 4.90 Å². The summed E-state index contributed by atoms with van der Waals surface area (Å²) in [6.07, 6.45) is -0.525. The summed E-state index contributed by atoms with van der Waals surface area (Å²) in [5.74, 6) is 1.62. The summed E-state index contributed by atoms with van der Waals surface area (Å²) in [4.78, 5) is 4.59. The molecule has 0 bridgehead atoms. The number of hydrogen-bond donors (Lipinski definition) is 1. The lowest BCUT2D eigenvalue weighted by Crippen LogP contribution is -2.49. The van der Waals surface area contributed by atoms with Crippen molar-refractivity contribution >= 4 is 17.3 Å². The van der Waals surface area contributed by atoms with E-state index in [1.54, 1.807) is 31.4 Å². The van der Waals surface area contributed by atoms with Gasteiger partial charge in [-0.15, -0.1) is 0 Å². The van der Waals surface area contributed by atoms with Crippen molar-refractivity contribution in [3.63, 3.8) is 0 Å². The topological polar surface area (TPSA) is 45.2 Å². The summed E-state index contributed by atoms with van der Waals surface area (Å²) in [6.45, 7) is 4.49. The first kappa shape index (κ1) is 18.8. The molecule has 0 saturated carbocycles. The number of anilines is 1. The number of benzene rings is 2. The van der Waals surface area contributed by atoms with E-state index in [1.807, 2.05) is 18.2 Å². The molecule has 1 fully saturated rings. The van der Waals surface area contributed by atoms with Gasteiger partial charge in [0.1, 0.15) is 24.2 Å². The number of aliphatic hydroxyl groups is 1. The van der Waals surface area contributed by atoms with Crippen LogP contribution < -0.4 is 14.4 Å². The van der Waals surface area contributed by atoms with Gasteiger partial charge in [-0.2, -0.15) is 0 Å². The van der Waals surface area contributed by atoms with E-state index in [0.717, 1.165) is 43.4 Å². The van der Waals surface area contributed by atoms with Gasteiger partial charge in [0.05, 0.1) is 12.8 Å². The van der Waals surface area contributed by atoms with E-state index in [0.29, 0.717) is 11.6 Å². The van der Waals surface area contributed by atoms with Crippen LogP contribution >= 0.6 is 11.6 Å². The molecule has 0 unspecified atom stereocenters. The Labute approximate surface area is 159 Å². The van der Waals surface area contributed by atoms with Crippen LogP contribution in [0, 0.1) is 0 Å². The molecule has 140 valence electrons. The maximum absolute atomic E-state index is 10.3. The minimum absolute atomic E-state index is 0.272. The molecule has 1 saturated heterocycles. The van der Waals surface area contributed by atoms with Gasteiger partial charge in [0, 0.05) is 37.7 Å². The Balaban J connectivity index is 1.44. The number of halogens is 1. The molecule has 1 heterocycles. The first-order valence-electron chi connectivity index (χ1n) is 8.82. The van der Waals surface area contributed by atoms with Crippen LogP contribution in [0.3, 0.4) is 0 Å². The van der Waals surface area contributed by atoms with Gasteiger partial charge in [-0.1, -0.05) is 23.7 Å². The molecule has 0 spiro atoms. The Kier molecular flexibility index (Phi) is 6.61. The van der Waals surface area contributed by atoms with E-state index in [-0.39, 0.29) is 6.61 Å². The second kappa shape index (κ2) is 9.12. The Morgan fingerprint density at radius 2 is 1.73 bits per heavy atom. The molecule has 26 heavy (non-hydrogen) atoms. The summed E-state index contributed by atoms with van der Waals surface area (Å²) >= 11 is 5.85. The number of rotatable bonds is 7. The molecule has 1 atom stereocenters. The lowest BCUT2D eigenvalue weighted by atomic mass is 10.2. The largest absolute Gasteiger partial charge is 0.495 e. The Bertz CT molecular complexity index is 688. The zero-order valence-corrected chi connectivity index (χ0v) is 15.7. The second-order valence-electron chi connectivity index (χ2n) is 6.38. The predicted octanol–water partition coefficient (Wildman–Crippen LogP) is 2.91. The van der Waals surface area contributed by atoms with Crippen molar-refractivity contribution in [2.45, 2.75) is 6.10 Å². The van der Waals surface area contributed by atoms with Crippen LogP contribution in [0.4, 0.5) is 5.69 Å². The monoisotopic (exact) mass is 376 g/mol. The van der Waals surface area contributed by atoms with Gasteiger partial charge in [0.25, 0.3) is 0 Å². The number of piperazine rings is 1. The number of aliphatic hydroxyl groups excluding tert-OH is 1. The minimum atomic E-state index is -0.525. The van der Waals surface area contributed by atoms with Crippen LogP contribution in [-0.4, -0.2) is 62.6 Å². The van der Waals surface area contributed by atoms with E-state index in [9.17, 15) is 5.11 Å². The molecule has 2 aromatic rings. The second-order valence-corrected chi connectivity index (χ2v) is 6.81. The third-order valence-corrected chi connectivity index (χ3v) is 4.78. The highest BCUT2D eigenvalue weighted by Gasteiger charge is 2.21. The molecule has 0 aliphatic carbocycles. The SMILES string of the molecule is COc1ccccc1N1CCN(C[C@H](O)COc2ccc(Cl)cc2)CC1. The molecule has 1 aliphatic rings. The molecular formula is C20H25ClN2O3. The molecule has 0 radical (unpaired) electrons. The summed E-state index contributed by atoms with van der Waals surface area (Å²) < 4.78 is 11.1. The highest BCUT2D eigenvalue weighted by molar-refractivity contribution is 6.30. The van der Waals surface area contributed by atoms with E-state index in [2.05, 4.69) is 15.9 Å². The maximum Gasteiger partial charge on any atom is 0.142 e. The highest BCUT2D eigenvalue weighted by Crippen LogP contribution is 2.28. The molecule has 1 aliphatic heterocycles. The van der Waals surface area contributed by atoms with Crippen LogP contribution in [-0.2, 0) is 0 Å². The van der Waals surface area contributed by atoms with E-state index in [1.165, 1.54) is 0 Å². The standard InChI is InChI=1S/C20H25ClN2O3/c1-25-20-5-3-2-4-19(20)23-12-10-22(11-13-23)14-17(24)15-26-18-8-6-16(21)7-9-18/h2-9,17,24H,10-15H2,1H3/t17-/m0/s1. The highest BCUT2D eigenvalue weighted by atomic mass is 35.5. The van der Waals surface area contributed by atoms with Crippen molar-refractivity contribution in [3.05, 3.63) is 53.6 Å². The van der Waals surface area contributed by atoms with Crippen molar-refractivity contribution < 1.29 is 14.6 Å². The molecule has 0 amide bonds. The van der Waals surface area contributed by atoms with Gasteiger partial charge < -0.3 is 19.5 Å². The maximum atomic E-state index is 10.3. The quantitative estimate of drug-likeness (QED) is 0.805. The van der Waals surface area contributed by atoms with Gasteiger partial charge in [0.15, 0.2) is 0 Å². The van der Waals surface area contributed by atoms with Crippen molar-refractivity contribution in [1.82, 2.24) is 4.90 Å². The van der Waals surface area contributed by atoms with Crippen LogP contribution in [0.5, 0.6) is 11.5 Å². The van der Waals surface area contributed by atoms with Crippen LogP contribution in [0.25, 0.3) is 0 Å². The van der Waals surface area contributed by atoms with Gasteiger partial charge in [0.2, 0.25) is 0 Å². The zero-order valence-electron chi connectivity index (χ0n) is 15.0. The van der Waals surface area contributed by atoms with Crippen molar-refractivity contribution in [1.29, 1.82) is 0 Å². The molecule has 3 rings (SSSR count). The number of ether oxygens (including phenoxy) is 2. The Hall–Kier alpha value is -1.95.